The van der Waals surface area contributed by atoms with E-state index in [2.05, 4.69) is 46.3 Å². The minimum atomic E-state index is 0.950. The van der Waals surface area contributed by atoms with Gasteiger partial charge in [0.15, 0.2) is 0 Å². The van der Waals surface area contributed by atoms with Crippen LogP contribution < -0.4 is 0 Å². The van der Waals surface area contributed by atoms with Crippen molar-refractivity contribution in [2.75, 3.05) is 0 Å². The molecule has 0 fully saturated rings. The Morgan fingerprint density at radius 3 is 2.77 bits per heavy atom. The summed E-state index contributed by atoms with van der Waals surface area (Å²) in [6.45, 7) is 2.10. The number of hydrogen-bond acceptors (Lipinski definition) is 3. The molecular formula is C18H14N4. The van der Waals surface area contributed by atoms with Gasteiger partial charge in [0.2, 0.25) is 0 Å². The fraction of sp³-hybridized carbons (Fsp3) is 0.0556. The summed E-state index contributed by atoms with van der Waals surface area (Å²) in [7, 11) is 0. The van der Waals surface area contributed by atoms with Crippen molar-refractivity contribution in [3.05, 3.63) is 72.9 Å². The van der Waals surface area contributed by atoms with Crippen LogP contribution in [0, 0.1) is 6.92 Å². The van der Waals surface area contributed by atoms with Gasteiger partial charge in [-0.3, -0.25) is 9.97 Å². The number of pyridine rings is 2. The largest absolute Gasteiger partial charge is 0.262 e. The van der Waals surface area contributed by atoms with Crippen LogP contribution in [0.2, 0.25) is 0 Å². The van der Waals surface area contributed by atoms with Gasteiger partial charge >= 0.3 is 0 Å². The van der Waals surface area contributed by atoms with Crippen molar-refractivity contribution >= 4 is 10.9 Å². The summed E-state index contributed by atoms with van der Waals surface area (Å²) in [5.41, 5.74) is 5.39. The lowest BCUT2D eigenvalue weighted by Gasteiger charge is -2.07. The maximum atomic E-state index is 4.41. The Morgan fingerprint density at radius 1 is 0.955 bits per heavy atom. The highest BCUT2D eigenvalue weighted by Gasteiger charge is 2.05. The molecule has 0 aliphatic rings. The lowest BCUT2D eigenvalue weighted by Crippen LogP contribution is -1.95. The van der Waals surface area contributed by atoms with Crippen molar-refractivity contribution < 1.29 is 0 Å². The van der Waals surface area contributed by atoms with E-state index >= 15 is 0 Å². The molecule has 0 saturated carbocycles. The molecule has 0 unspecified atom stereocenters. The van der Waals surface area contributed by atoms with E-state index in [1.165, 1.54) is 10.9 Å². The highest BCUT2D eigenvalue weighted by atomic mass is 15.3. The first kappa shape index (κ1) is 12.7. The molecule has 4 aromatic rings. The summed E-state index contributed by atoms with van der Waals surface area (Å²) in [5, 5.41) is 5.42. The molecule has 3 heterocycles. The van der Waals surface area contributed by atoms with E-state index in [1.807, 2.05) is 41.6 Å². The van der Waals surface area contributed by atoms with E-state index in [0.29, 0.717) is 0 Å². The van der Waals surface area contributed by atoms with Gasteiger partial charge in [-0.15, -0.1) is 0 Å². The van der Waals surface area contributed by atoms with Crippen molar-refractivity contribution in [3.8, 4) is 16.8 Å². The number of benzene rings is 1. The second-order valence-corrected chi connectivity index (χ2v) is 5.24. The lowest BCUT2D eigenvalue weighted by atomic mass is 10.0. The third-order valence-electron chi connectivity index (χ3n) is 3.79. The fourth-order valence-electron chi connectivity index (χ4n) is 2.60. The normalized spacial score (nSPS) is 11.0. The summed E-state index contributed by atoms with van der Waals surface area (Å²) in [5.74, 6) is 0. The number of aryl methyl sites for hydroxylation is 1. The number of hydrogen-bond donors (Lipinski definition) is 0. The van der Waals surface area contributed by atoms with Crippen LogP contribution in [0.3, 0.4) is 0 Å². The molecule has 0 aliphatic heterocycles. The summed E-state index contributed by atoms with van der Waals surface area (Å²) in [4.78, 5) is 8.75. The smallest absolute Gasteiger partial charge is 0.0834 e. The van der Waals surface area contributed by atoms with E-state index in [4.69, 9.17) is 0 Å². The first-order valence-electron chi connectivity index (χ1n) is 7.12. The van der Waals surface area contributed by atoms with Crippen LogP contribution in [-0.4, -0.2) is 19.7 Å². The average molecular weight is 286 g/mol. The molecule has 0 aliphatic carbocycles. The van der Waals surface area contributed by atoms with E-state index in [1.54, 1.807) is 6.20 Å². The predicted molar refractivity (Wildman–Crippen MR) is 86.8 cm³/mol. The minimum Gasteiger partial charge on any atom is -0.262 e. The van der Waals surface area contributed by atoms with Gasteiger partial charge in [0.1, 0.15) is 0 Å². The molecule has 0 saturated heterocycles. The Bertz CT molecular complexity index is 942. The van der Waals surface area contributed by atoms with Crippen LogP contribution in [0.15, 0.2) is 67.4 Å². The standard InChI is InChI=1S/C18H14N4/c1-13-5-7-20-18-4-3-14(10-17(13)18)15-9-16(12-19-11-15)22-8-2-6-21-22/h2-12H,1H3. The highest BCUT2D eigenvalue weighted by molar-refractivity contribution is 5.86. The topological polar surface area (TPSA) is 43.6 Å². The van der Waals surface area contributed by atoms with E-state index in [9.17, 15) is 0 Å². The van der Waals surface area contributed by atoms with Crippen LogP contribution in [0.1, 0.15) is 5.56 Å². The van der Waals surface area contributed by atoms with Crippen LogP contribution in [0.4, 0.5) is 0 Å². The Hall–Kier alpha value is -3.01. The molecule has 0 N–H and O–H groups in total. The monoisotopic (exact) mass is 286 g/mol. The Balaban J connectivity index is 1.85. The van der Waals surface area contributed by atoms with Gasteiger partial charge in [0.25, 0.3) is 0 Å². The minimum absolute atomic E-state index is 0.950. The number of nitrogens with zero attached hydrogens (tertiary/aromatic N) is 4. The first-order valence-corrected chi connectivity index (χ1v) is 7.12. The zero-order valence-electron chi connectivity index (χ0n) is 12.1. The Kier molecular flexibility index (Phi) is 2.93. The van der Waals surface area contributed by atoms with Crippen molar-refractivity contribution in [2.24, 2.45) is 0 Å². The Labute approximate surface area is 128 Å². The molecule has 3 aromatic heterocycles. The van der Waals surface area contributed by atoms with Gasteiger partial charge in [-0.1, -0.05) is 6.07 Å². The zero-order valence-corrected chi connectivity index (χ0v) is 12.1. The van der Waals surface area contributed by atoms with Crippen LogP contribution in [0.25, 0.3) is 27.7 Å². The lowest BCUT2D eigenvalue weighted by molar-refractivity contribution is 0.874. The third kappa shape index (κ3) is 2.15. The molecule has 4 rings (SSSR count). The SMILES string of the molecule is Cc1ccnc2ccc(-c3cncc(-n4cccn4)c3)cc12. The van der Waals surface area contributed by atoms with Crippen molar-refractivity contribution in [1.29, 1.82) is 0 Å². The molecule has 4 heteroatoms. The second kappa shape index (κ2) is 5.07. The first-order chi connectivity index (χ1) is 10.8. The molecule has 4 nitrogen and oxygen atoms in total. The average Bonchev–Trinajstić information content (AvgIpc) is 3.10. The van der Waals surface area contributed by atoms with Gasteiger partial charge < -0.3 is 0 Å². The Morgan fingerprint density at radius 2 is 1.91 bits per heavy atom. The number of aromatic nitrogens is 4. The van der Waals surface area contributed by atoms with Crippen LogP contribution >= 0.6 is 0 Å². The zero-order chi connectivity index (χ0) is 14.9. The van der Waals surface area contributed by atoms with E-state index in [-0.39, 0.29) is 0 Å². The predicted octanol–water partition coefficient (Wildman–Crippen LogP) is 3.79. The molecule has 22 heavy (non-hydrogen) atoms. The van der Waals surface area contributed by atoms with Gasteiger partial charge in [0.05, 0.1) is 17.4 Å². The van der Waals surface area contributed by atoms with Gasteiger partial charge in [-0.25, -0.2) is 4.68 Å². The summed E-state index contributed by atoms with van der Waals surface area (Å²) >= 11 is 0. The molecular weight excluding hydrogens is 272 g/mol. The van der Waals surface area contributed by atoms with Crippen molar-refractivity contribution in [2.45, 2.75) is 6.92 Å². The maximum absolute atomic E-state index is 4.41. The van der Waals surface area contributed by atoms with Crippen molar-refractivity contribution in [3.63, 3.8) is 0 Å². The quantitative estimate of drug-likeness (QED) is 0.563. The molecule has 0 radical (unpaired) electrons. The maximum Gasteiger partial charge on any atom is 0.0834 e. The summed E-state index contributed by atoms with van der Waals surface area (Å²) in [6, 6.07) is 12.3. The summed E-state index contributed by atoms with van der Waals surface area (Å²) in [6.07, 6.45) is 9.20. The molecule has 0 amide bonds. The van der Waals surface area contributed by atoms with Gasteiger partial charge in [0, 0.05) is 35.7 Å². The van der Waals surface area contributed by atoms with Crippen LogP contribution in [0.5, 0.6) is 0 Å². The number of fused-ring (bicyclic) bond motifs is 1. The van der Waals surface area contributed by atoms with Gasteiger partial charge in [-0.05, 0) is 48.4 Å². The molecule has 0 bridgehead atoms. The third-order valence-corrected chi connectivity index (χ3v) is 3.79. The molecule has 0 spiro atoms. The van der Waals surface area contributed by atoms with E-state index in [0.717, 1.165) is 22.3 Å². The molecule has 1 aromatic carbocycles. The fourth-order valence-corrected chi connectivity index (χ4v) is 2.60. The molecule has 0 atom stereocenters. The van der Waals surface area contributed by atoms with E-state index < -0.39 is 0 Å². The second-order valence-electron chi connectivity index (χ2n) is 5.24. The van der Waals surface area contributed by atoms with Gasteiger partial charge in [-0.2, -0.15) is 5.10 Å². The molecule has 106 valence electrons. The highest BCUT2D eigenvalue weighted by Crippen LogP contribution is 2.26. The summed E-state index contributed by atoms with van der Waals surface area (Å²) < 4.78 is 1.81. The van der Waals surface area contributed by atoms with Crippen molar-refractivity contribution in [1.82, 2.24) is 19.7 Å². The van der Waals surface area contributed by atoms with Crippen LogP contribution in [-0.2, 0) is 0 Å². The number of rotatable bonds is 2.